The third-order valence-electron chi connectivity index (χ3n) is 6.12. The Labute approximate surface area is 191 Å². The number of ether oxygens (including phenoxy) is 2. The first-order valence-corrected chi connectivity index (χ1v) is 10.9. The summed E-state index contributed by atoms with van der Waals surface area (Å²) in [5, 5.41) is 0. The molecule has 2 fully saturated rings. The second-order valence-electron chi connectivity index (χ2n) is 8.50. The van der Waals surface area contributed by atoms with Crippen LogP contribution in [0, 0.1) is 0 Å². The van der Waals surface area contributed by atoms with Gasteiger partial charge in [0.1, 0.15) is 12.2 Å². The lowest BCUT2D eigenvalue weighted by Crippen LogP contribution is -2.35. The standard InChI is InChI=1S/C23H33N5O2.ClH/c1-26-12-6-20(7-13-26)29-22-16-18(4-10-24-22)28(3)19-5-11-25-23(17-19)30-21-8-14-27(2)15-9-21;/h4-5,10-11,16-17,20-21H,6-9,12-15H2,1-3H3;1H. The fraction of sp³-hybridized carbons (Fsp3) is 0.565. The van der Waals surface area contributed by atoms with Crippen LogP contribution >= 0.6 is 12.4 Å². The molecule has 0 spiro atoms. The van der Waals surface area contributed by atoms with E-state index in [1.165, 1.54) is 0 Å². The smallest absolute Gasteiger partial charge is 0.215 e. The van der Waals surface area contributed by atoms with E-state index >= 15 is 0 Å². The Hall–Kier alpha value is -2.09. The SMILES string of the molecule is CN1CCC(Oc2cc(N(C)c3ccnc(OC4CCN(C)CC4)c3)ccn2)CC1.Cl. The maximum Gasteiger partial charge on any atom is 0.215 e. The first-order chi connectivity index (χ1) is 14.6. The lowest BCUT2D eigenvalue weighted by Gasteiger charge is -2.29. The molecule has 0 bridgehead atoms. The Morgan fingerprint density at radius 2 is 1.16 bits per heavy atom. The fourth-order valence-corrected chi connectivity index (χ4v) is 4.04. The van der Waals surface area contributed by atoms with Gasteiger partial charge in [0.05, 0.1) is 0 Å². The number of halogens is 1. The molecule has 0 aliphatic carbocycles. The Bertz CT molecular complexity index is 756. The summed E-state index contributed by atoms with van der Waals surface area (Å²) in [7, 11) is 6.36. The molecule has 4 heterocycles. The number of piperidine rings is 2. The van der Waals surface area contributed by atoms with E-state index in [-0.39, 0.29) is 24.6 Å². The number of nitrogens with zero attached hydrogens (tertiary/aromatic N) is 5. The molecule has 170 valence electrons. The molecule has 2 aromatic heterocycles. The molecule has 2 aliphatic rings. The van der Waals surface area contributed by atoms with Gasteiger partial charge in [0.15, 0.2) is 0 Å². The normalized spacial score (nSPS) is 18.9. The lowest BCUT2D eigenvalue weighted by molar-refractivity contribution is 0.110. The molecule has 7 nitrogen and oxygen atoms in total. The number of hydrogen-bond donors (Lipinski definition) is 0. The van der Waals surface area contributed by atoms with E-state index in [9.17, 15) is 0 Å². The molecule has 2 saturated heterocycles. The van der Waals surface area contributed by atoms with E-state index in [2.05, 4.69) is 38.8 Å². The van der Waals surface area contributed by atoms with Crippen LogP contribution in [0.25, 0.3) is 0 Å². The minimum Gasteiger partial charge on any atom is -0.474 e. The van der Waals surface area contributed by atoms with E-state index in [1.54, 1.807) is 0 Å². The summed E-state index contributed by atoms with van der Waals surface area (Å²) in [5.41, 5.74) is 2.06. The summed E-state index contributed by atoms with van der Waals surface area (Å²) in [6.07, 6.45) is 8.27. The van der Waals surface area contributed by atoms with Crippen LogP contribution in [-0.4, -0.2) is 79.3 Å². The molecule has 8 heteroatoms. The molecule has 0 radical (unpaired) electrons. The van der Waals surface area contributed by atoms with Crippen molar-refractivity contribution in [3.05, 3.63) is 36.7 Å². The van der Waals surface area contributed by atoms with Crippen LogP contribution in [0.2, 0.25) is 0 Å². The van der Waals surface area contributed by atoms with Crippen molar-refractivity contribution < 1.29 is 9.47 Å². The van der Waals surface area contributed by atoms with Crippen molar-refractivity contribution in [1.82, 2.24) is 19.8 Å². The van der Waals surface area contributed by atoms with Crippen LogP contribution in [0.3, 0.4) is 0 Å². The summed E-state index contributed by atoms with van der Waals surface area (Å²) >= 11 is 0. The molecule has 0 aromatic carbocycles. The molecular weight excluding hydrogens is 414 g/mol. The molecule has 0 unspecified atom stereocenters. The average molecular weight is 448 g/mol. The average Bonchev–Trinajstić information content (AvgIpc) is 2.77. The maximum absolute atomic E-state index is 6.16. The highest BCUT2D eigenvalue weighted by Crippen LogP contribution is 2.29. The Morgan fingerprint density at radius 1 is 0.774 bits per heavy atom. The van der Waals surface area contributed by atoms with Crippen molar-refractivity contribution in [3.8, 4) is 11.8 Å². The zero-order chi connectivity index (χ0) is 20.9. The summed E-state index contributed by atoms with van der Waals surface area (Å²) in [6.45, 7) is 4.28. The third kappa shape index (κ3) is 6.45. The minimum atomic E-state index is 0. The highest BCUT2D eigenvalue weighted by molar-refractivity contribution is 5.85. The molecule has 0 saturated carbocycles. The van der Waals surface area contributed by atoms with Gasteiger partial charge in [0.25, 0.3) is 0 Å². The first kappa shape index (κ1) is 23.6. The third-order valence-corrected chi connectivity index (χ3v) is 6.12. The van der Waals surface area contributed by atoms with Crippen molar-refractivity contribution in [2.24, 2.45) is 0 Å². The number of rotatable bonds is 6. The van der Waals surface area contributed by atoms with Crippen molar-refractivity contribution in [2.75, 3.05) is 52.2 Å². The van der Waals surface area contributed by atoms with Gasteiger partial charge in [0.2, 0.25) is 11.8 Å². The molecule has 2 aliphatic heterocycles. The molecular formula is C23H34ClN5O2. The largest absolute Gasteiger partial charge is 0.474 e. The van der Waals surface area contributed by atoms with Crippen LogP contribution in [0.15, 0.2) is 36.7 Å². The van der Waals surface area contributed by atoms with Crippen molar-refractivity contribution in [1.29, 1.82) is 0 Å². The predicted octanol–water partition coefficient (Wildman–Crippen LogP) is 3.61. The van der Waals surface area contributed by atoms with E-state index in [0.717, 1.165) is 63.2 Å². The van der Waals surface area contributed by atoms with Crippen LogP contribution < -0.4 is 14.4 Å². The topological polar surface area (TPSA) is 54.0 Å². The summed E-state index contributed by atoms with van der Waals surface area (Å²) in [5.74, 6) is 1.37. The van der Waals surface area contributed by atoms with E-state index in [1.807, 2.05) is 43.7 Å². The van der Waals surface area contributed by atoms with Crippen LogP contribution in [0.4, 0.5) is 11.4 Å². The highest BCUT2D eigenvalue weighted by Gasteiger charge is 2.20. The Balaban J connectivity index is 0.00000272. The van der Waals surface area contributed by atoms with Gasteiger partial charge in [-0.2, -0.15) is 0 Å². The zero-order valence-electron chi connectivity index (χ0n) is 18.7. The highest BCUT2D eigenvalue weighted by atomic mass is 35.5. The molecule has 2 aromatic rings. The monoisotopic (exact) mass is 447 g/mol. The van der Waals surface area contributed by atoms with Gasteiger partial charge in [-0.15, -0.1) is 12.4 Å². The number of hydrogen-bond acceptors (Lipinski definition) is 7. The van der Waals surface area contributed by atoms with Crippen molar-refractivity contribution >= 4 is 23.8 Å². The summed E-state index contributed by atoms with van der Waals surface area (Å²) < 4.78 is 12.3. The Kier molecular flexibility index (Phi) is 8.35. The van der Waals surface area contributed by atoms with Gasteiger partial charge in [-0.05, 0) is 51.9 Å². The minimum absolute atomic E-state index is 0. The number of pyridine rings is 2. The fourth-order valence-electron chi connectivity index (χ4n) is 4.04. The van der Waals surface area contributed by atoms with Gasteiger partial charge < -0.3 is 24.2 Å². The van der Waals surface area contributed by atoms with Crippen LogP contribution in [-0.2, 0) is 0 Å². The van der Waals surface area contributed by atoms with Crippen LogP contribution in [0.5, 0.6) is 11.8 Å². The van der Waals surface area contributed by atoms with Gasteiger partial charge in [-0.25, -0.2) is 9.97 Å². The first-order valence-electron chi connectivity index (χ1n) is 10.9. The number of anilines is 2. The van der Waals surface area contributed by atoms with E-state index in [4.69, 9.17) is 9.47 Å². The quantitative estimate of drug-likeness (QED) is 0.670. The van der Waals surface area contributed by atoms with Crippen molar-refractivity contribution in [2.45, 2.75) is 37.9 Å². The second kappa shape index (κ2) is 11.0. The zero-order valence-corrected chi connectivity index (χ0v) is 19.6. The molecule has 0 atom stereocenters. The molecule has 4 rings (SSSR count). The van der Waals surface area contributed by atoms with Gasteiger partial charge in [-0.3, -0.25) is 0 Å². The molecule has 0 N–H and O–H groups in total. The maximum atomic E-state index is 6.16. The second-order valence-corrected chi connectivity index (χ2v) is 8.50. The van der Waals surface area contributed by atoms with Crippen LogP contribution in [0.1, 0.15) is 25.7 Å². The summed E-state index contributed by atoms with van der Waals surface area (Å²) in [4.78, 5) is 15.6. The van der Waals surface area contributed by atoms with Gasteiger partial charge in [0, 0.05) is 69.1 Å². The summed E-state index contributed by atoms with van der Waals surface area (Å²) in [6, 6.07) is 8.02. The van der Waals surface area contributed by atoms with E-state index in [0.29, 0.717) is 11.8 Å². The van der Waals surface area contributed by atoms with Crippen molar-refractivity contribution in [3.63, 3.8) is 0 Å². The Morgan fingerprint density at radius 3 is 1.55 bits per heavy atom. The number of likely N-dealkylation sites (tertiary alicyclic amines) is 2. The number of aromatic nitrogens is 2. The molecule has 31 heavy (non-hydrogen) atoms. The predicted molar refractivity (Wildman–Crippen MR) is 126 cm³/mol. The van der Waals surface area contributed by atoms with Gasteiger partial charge >= 0.3 is 0 Å². The van der Waals surface area contributed by atoms with Gasteiger partial charge in [-0.1, -0.05) is 0 Å². The van der Waals surface area contributed by atoms with E-state index < -0.39 is 0 Å². The lowest BCUT2D eigenvalue weighted by atomic mass is 10.1. The molecule has 0 amide bonds.